The Morgan fingerprint density at radius 1 is 1.40 bits per heavy atom. The molecule has 2 fully saturated rings. The molecular formula is C15H26N4O. The molecule has 0 aromatic rings. The summed E-state index contributed by atoms with van der Waals surface area (Å²) in [5, 5.41) is 15.7. The van der Waals surface area contributed by atoms with E-state index in [-0.39, 0.29) is 5.91 Å². The number of likely N-dealkylation sites (N-methyl/N-ethyl adjacent to an activating group) is 1. The van der Waals surface area contributed by atoms with Gasteiger partial charge in [0.2, 0.25) is 5.91 Å². The Balaban J connectivity index is 1.83. The standard InChI is InChI=1S/C15H26N4O/c1-19(13-6-5-9-17-10-13)11-14(20)18-15(12-16)7-3-2-4-8-15/h13,17H,2-11H2,1H3,(H,18,20). The van der Waals surface area contributed by atoms with E-state index >= 15 is 0 Å². The minimum absolute atomic E-state index is 0.0125. The highest BCUT2D eigenvalue weighted by atomic mass is 16.2. The number of amides is 1. The molecule has 0 aromatic heterocycles. The minimum Gasteiger partial charge on any atom is -0.337 e. The Bertz CT molecular complexity index is 365. The third-order valence-electron chi connectivity index (χ3n) is 4.59. The first-order chi connectivity index (χ1) is 9.65. The van der Waals surface area contributed by atoms with Gasteiger partial charge in [0, 0.05) is 12.6 Å². The van der Waals surface area contributed by atoms with Crippen molar-refractivity contribution in [3.8, 4) is 6.07 Å². The van der Waals surface area contributed by atoms with E-state index in [1.54, 1.807) is 0 Å². The van der Waals surface area contributed by atoms with Gasteiger partial charge in [-0.05, 0) is 39.3 Å². The second-order valence-corrected chi connectivity index (χ2v) is 6.22. The monoisotopic (exact) mass is 278 g/mol. The van der Waals surface area contributed by atoms with E-state index < -0.39 is 5.54 Å². The lowest BCUT2D eigenvalue weighted by Gasteiger charge is -2.34. The number of nitrogens with one attached hydrogen (secondary N) is 2. The predicted molar refractivity (Wildman–Crippen MR) is 78.1 cm³/mol. The first-order valence-corrected chi connectivity index (χ1v) is 7.78. The highest BCUT2D eigenvalue weighted by Gasteiger charge is 2.34. The van der Waals surface area contributed by atoms with E-state index in [1.807, 2.05) is 7.05 Å². The van der Waals surface area contributed by atoms with Crippen LogP contribution >= 0.6 is 0 Å². The molecule has 5 nitrogen and oxygen atoms in total. The number of nitrogens with zero attached hydrogens (tertiary/aromatic N) is 2. The van der Waals surface area contributed by atoms with Gasteiger partial charge in [-0.15, -0.1) is 0 Å². The van der Waals surface area contributed by atoms with Crippen molar-refractivity contribution < 1.29 is 4.79 Å². The van der Waals surface area contributed by atoms with E-state index in [0.29, 0.717) is 12.6 Å². The maximum Gasteiger partial charge on any atom is 0.235 e. The van der Waals surface area contributed by atoms with Gasteiger partial charge >= 0.3 is 0 Å². The third kappa shape index (κ3) is 3.94. The van der Waals surface area contributed by atoms with E-state index in [9.17, 15) is 10.1 Å². The smallest absolute Gasteiger partial charge is 0.235 e. The molecule has 1 aliphatic heterocycles. The summed E-state index contributed by atoms with van der Waals surface area (Å²) in [6.45, 7) is 2.41. The van der Waals surface area contributed by atoms with Crippen molar-refractivity contribution in [2.45, 2.75) is 56.5 Å². The topological polar surface area (TPSA) is 68.2 Å². The maximum absolute atomic E-state index is 12.2. The molecule has 1 saturated carbocycles. The molecule has 20 heavy (non-hydrogen) atoms. The largest absolute Gasteiger partial charge is 0.337 e. The van der Waals surface area contributed by atoms with Gasteiger partial charge in [-0.2, -0.15) is 5.26 Å². The Morgan fingerprint density at radius 3 is 2.75 bits per heavy atom. The van der Waals surface area contributed by atoms with E-state index in [4.69, 9.17) is 0 Å². The van der Waals surface area contributed by atoms with E-state index in [0.717, 1.165) is 45.2 Å². The molecule has 1 heterocycles. The normalized spacial score (nSPS) is 25.9. The second-order valence-electron chi connectivity index (χ2n) is 6.22. The maximum atomic E-state index is 12.2. The Kier molecular flexibility index (Phi) is 5.38. The van der Waals surface area contributed by atoms with E-state index in [1.165, 1.54) is 12.8 Å². The van der Waals surface area contributed by atoms with Crippen molar-refractivity contribution in [2.75, 3.05) is 26.7 Å². The van der Waals surface area contributed by atoms with Crippen LogP contribution in [0.5, 0.6) is 0 Å². The van der Waals surface area contributed by atoms with Gasteiger partial charge in [0.05, 0.1) is 12.6 Å². The molecule has 1 saturated heterocycles. The number of hydrogen-bond donors (Lipinski definition) is 2. The minimum atomic E-state index is -0.610. The fraction of sp³-hybridized carbons (Fsp3) is 0.867. The van der Waals surface area contributed by atoms with Crippen molar-refractivity contribution in [1.82, 2.24) is 15.5 Å². The fourth-order valence-electron chi connectivity index (χ4n) is 3.29. The second kappa shape index (κ2) is 7.05. The molecule has 0 aromatic carbocycles. The molecular weight excluding hydrogens is 252 g/mol. The summed E-state index contributed by atoms with van der Waals surface area (Å²) in [7, 11) is 2.00. The van der Waals surface area contributed by atoms with Crippen LogP contribution in [0.1, 0.15) is 44.9 Å². The van der Waals surface area contributed by atoms with Crippen molar-refractivity contribution >= 4 is 5.91 Å². The van der Waals surface area contributed by atoms with Crippen molar-refractivity contribution in [3.05, 3.63) is 0 Å². The van der Waals surface area contributed by atoms with Crippen molar-refractivity contribution in [2.24, 2.45) is 0 Å². The Hall–Kier alpha value is -1.12. The third-order valence-corrected chi connectivity index (χ3v) is 4.59. The zero-order chi connectivity index (χ0) is 14.4. The van der Waals surface area contributed by atoms with Gasteiger partial charge in [-0.3, -0.25) is 9.69 Å². The van der Waals surface area contributed by atoms with Gasteiger partial charge in [-0.25, -0.2) is 0 Å². The van der Waals surface area contributed by atoms with Gasteiger partial charge in [0.15, 0.2) is 0 Å². The van der Waals surface area contributed by atoms with E-state index in [2.05, 4.69) is 21.6 Å². The molecule has 1 amide bonds. The summed E-state index contributed by atoms with van der Waals surface area (Å²) in [4.78, 5) is 14.3. The van der Waals surface area contributed by atoms with Gasteiger partial charge in [0.25, 0.3) is 0 Å². The molecule has 2 aliphatic rings. The van der Waals surface area contributed by atoms with Crippen LogP contribution in [-0.4, -0.2) is 49.1 Å². The SMILES string of the molecule is CN(CC(=O)NC1(C#N)CCCCC1)C1CCCNC1. The molecule has 0 bridgehead atoms. The van der Waals surface area contributed by atoms with Crippen LogP contribution in [0.3, 0.4) is 0 Å². The number of rotatable bonds is 4. The Labute approximate surface area is 121 Å². The Morgan fingerprint density at radius 2 is 2.15 bits per heavy atom. The fourth-order valence-corrected chi connectivity index (χ4v) is 3.29. The highest BCUT2D eigenvalue weighted by Crippen LogP contribution is 2.27. The number of nitriles is 1. The van der Waals surface area contributed by atoms with Crippen LogP contribution in [0.15, 0.2) is 0 Å². The van der Waals surface area contributed by atoms with Crippen LogP contribution < -0.4 is 10.6 Å². The summed E-state index contributed by atoms with van der Waals surface area (Å²) in [6.07, 6.45) is 7.15. The molecule has 1 aliphatic carbocycles. The van der Waals surface area contributed by atoms with Crippen LogP contribution in [0.2, 0.25) is 0 Å². The summed E-state index contributed by atoms with van der Waals surface area (Å²) < 4.78 is 0. The predicted octanol–water partition coefficient (Wildman–Crippen LogP) is 1.01. The lowest BCUT2D eigenvalue weighted by atomic mass is 9.83. The van der Waals surface area contributed by atoms with Crippen LogP contribution in [0.25, 0.3) is 0 Å². The molecule has 112 valence electrons. The molecule has 1 atom stereocenters. The van der Waals surface area contributed by atoms with Crippen LogP contribution in [-0.2, 0) is 4.79 Å². The van der Waals surface area contributed by atoms with Crippen molar-refractivity contribution in [3.63, 3.8) is 0 Å². The average molecular weight is 278 g/mol. The summed E-state index contributed by atoms with van der Waals surface area (Å²) in [5.74, 6) is -0.0125. The first-order valence-electron chi connectivity index (χ1n) is 7.78. The molecule has 1 unspecified atom stereocenters. The number of piperidine rings is 1. The molecule has 2 rings (SSSR count). The van der Waals surface area contributed by atoms with Gasteiger partial charge in [0.1, 0.15) is 5.54 Å². The zero-order valence-electron chi connectivity index (χ0n) is 12.5. The van der Waals surface area contributed by atoms with Gasteiger partial charge in [-0.1, -0.05) is 19.3 Å². The molecule has 0 spiro atoms. The lowest BCUT2D eigenvalue weighted by molar-refractivity contribution is -0.124. The first kappa shape index (κ1) is 15.3. The zero-order valence-corrected chi connectivity index (χ0v) is 12.5. The molecule has 0 radical (unpaired) electrons. The van der Waals surface area contributed by atoms with Gasteiger partial charge < -0.3 is 10.6 Å². The van der Waals surface area contributed by atoms with Crippen molar-refractivity contribution in [1.29, 1.82) is 5.26 Å². The molecule has 2 N–H and O–H groups in total. The van der Waals surface area contributed by atoms with Crippen LogP contribution in [0, 0.1) is 11.3 Å². The average Bonchev–Trinajstić information content (AvgIpc) is 2.49. The summed E-state index contributed by atoms with van der Waals surface area (Å²) >= 11 is 0. The quantitative estimate of drug-likeness (QED) is 0.805. The summed E-state index contributed by atoms with van der Waals surface area (Å²) in [5.41, 5.74) is -0.610. The lowest BCUT2D eigenvalue weighted by Crippen LogP contribution is -2.53. The summed E-state index contributed by atoms with van der Waals surface area (Å²) in [6, 6.07) is 2.77. The number of hydrogen-bond acceptors (Lipinski definition) is 4. The molecule has 5 heteroatoms. The highest BCUT2D eigenvalue weighted by molar-refractivity contribution is 5.79. The number of carbonyl (C=O) groups is 1. The van der Waals surface area contributed by atoms with Crippen LogP contribution in [0.4, 0.5) is 0 Å². The number of carbonyl (C=O) groups excluding carboxylic acids is 1.